The number of ether oxygens (including phenoxy) is 2. The Hall–Kier alpha value is -1.58. The van der Waals surface area contributed by atoms with E-state index in [4.69, 9.17) is 4.74 Å². The lowest BCUT2D eigenvalue weighted by Gasteiger charge is -2.00. The zero-order valence-electron chi connectivity index (χ0n) is 6.90. The van der Waals surface area contributed by atoms with Crippen molar-refractivity contribution < 1.29 is 14.3 Å². The van der Waals surface area contributed by atoms with Gasteiger partial charge in [0.25, 0.3) is 0 Å². The third-order valence-corrected chi connectivity index (χ3v) is 1.25. The molecule has 0 aliphatic rings. The van der Waals surface area contributed by atoms with Crippen LogP contribution in [0.5, 0.6) is 5.75 Å². The van der Waals surface area contributed by atoms with E-state index in [-0.39, 0.29) is 0 Å². The molecule has 1 aromatic heterocycles. The molecule has 0 aliphatic heterocycles. The van der Waals surface area contributed by atoms with Crippen LogP contribution in [0.2, 0.25) is 0 Å². The van der Waals surface area contributed by atoms with Crippen molar-refractivity contribution in [2.24, 2.45) is 0 Å². The lowest BCUT2D eigenvalue weighted by atomic mass is 10.4. The zero-order chi connectivity index (χ0) is 8.97. The van der Waals surface area contributed by atoms with Crippen LogP contribution < -0.4 is 4.74 Å². The third-order valence-electron chi connectivity index (χ3n) is 1.25. The maximum absolute atomic E-state index is 10.6. The van der Waals surface area contributed by atoms with E-state index < -0.39 is 6.16 Å². The van der Waals surface area contributed by atoms with Crippen molar-refractivity contribution >= 4 is 6.16 Å². The normalized spacial score (nSPS) is 9.17. The van der Waals surface area contributed by atoms with E-state index in [0.29, 0.717) is 5.75 Å². The maximum atomic E-state index is 10.6. The number of pyridine rings is 1. The van der Waals surface area contributed by atoms with Crippen molar-refractivity contribution in [3.63, 3.8) is 0 Å². The average molecular weight is 167 g/mol. The number of carbonyl (C=O) groups excluding carboxylic acids is 1. The molecule has 0 aliphatic carbocycles. The van der Waals surface area contributed by atoms with Crippen LogP contribution in [0.25, 0.3) is 0 Å². The predicted octanol–water partition coefficient (Wildman–Crippen LogP) is 1.54. The summed E-state index contributed by atoms with van der Waals surface area (Å²) in [6.45, 7) is 1.85. The molecule has 0 aromatic carbocycles. The highest BCUT2D eigenvalue weighted by Crippen LogP contribution is 2.08. The molecule has 1 aromatic rings. The fraction of sp³-hybridized carbons (Fsp3) is 0.250. The van der Waals surface area contributed by atoms with Gasteiger partial charge in [-0.05, 0) is 19.1 Å². The van der Waals surface area contributed by atoms with Gasteiger partial charge in [-0.15, -0.1) is 0 Å². The molecule has 0 unspecified atom stereocenters. The molecule has 0 N–H and O–H groups in total. The summed E-state index contributed by atoms with van der Waals surface area (Å²) in [5.74, 6) is 0.382. The van der Waals surface area contributed by atoms with Gasteiger partial charge < -0.3 is 9.47 Å². The molecule has 0 atom stereocenters. The topological polar surface area (TPSA) is 48.4 Å². The minimum atomic E-state index is -0.736. The predicted molar refractivity (Wildman–Crippen MR) is 42.0 cm³/mol. The minimum absolute atomic E-state index is 0.382. The summed E-state index contributed by atoms with van der Waals surface area (Å²) in [4.78, 5) is 14.5. The highest BCUT2D eigenvalue weighted by Gasteiger charge is 2.02. The Morgan fingerprint density at radius 2 is 2.25 bits per heavy atom. The molecule has 12 heavy (non-hydrogen) atoms. The van der Waals surface area contributed by atoms with Gasteiger partial charge in [0.2, 0.25) is 0 Å². The lowest BCUT2D eigenvalue weighted by molar-refractivity contribution is 0.121. The molecule has 0 fully saturated rings. The molecule has 1 rings (SSSR count). The summed E-state index contributed by atoms with van der Waals surface area (Å²) in [5.41, 5.74) is 0.868. The van der Waals surface area contributed by atoms with E-state index in [2.05, 4.69) is 9.72 Å². The summed E-state index contributed by atoms with van der Waals surface area (Å²) in [6.07, 6.45) is 0.729. The smallest absolute Gasteiger partial charge is 0.437 e. The SMILES string of the molecule is COC(=O)Oc1ccc(C)nc1. The van der Waals surface area contributed by atoms with Crippen LogP contribution in [0.15, 0.2) is 18.3 Å². The van der Waals surface area contributed by atoms with Crippen LogP contribution in [0, 0.1) is 6.92 Å². The summed E-state index contributed by atoms with van der Waals surface area (Å²) in [6, 6.07) is 3.40. The zero-order valence-corrected chi connectivity index (χ0v) is 6.90. The summed E-state index contributed by atoms with van der Waals surface area (Å²) in [7, 11) is 1.25. The van der Waals surface area contributed by atoms with Crippen LogP contribution in [-0.4, -0.2) is 18.2 Å². The van der Waals surface area contributed by atoms with Crippen LogP contribution in [0.1, 0.15) is 5.69 Å². The number of hydrogen-bond donors (Lipinski definition) is 0. The van der Waals surface area contributed by atoms with Gasteiger partial charge in [0.05, 0.1) is 13.3 Å². The first kappa shape index (κ1) is 8.52. The van der Waals surface area contributed by atoms with Crippen LogP contribution in [0.3, 0.4) is 0 Å². The van der Waals surface area contributed by atoms with E-state index in [1.807, 2.05) is 6.92 Å². The molecule has 0 bridgehead atoms. The van der Waals surface area contributed by atoms with Gasteiger partial charge in [0.1, 0.15) is 0 Å². The van der Waals surface area contributed by atoms with Crippen molar-refractivity contribution in [2.75, 3.05) is 7.11 Å². The molecule has 4 nitrogen and oxygen atoms in total. The van der Waals surface area contributed by atoms with Crippen molar-refractivity contribution in [1.82, 2.24) is 4.98 Å². The molecular formula is C8H9NO3. The van der Waals surface area contributed by atoms with Crippen molar-refractivity contribution in [2.45, 2.75) is 6.92 Å². The fourth-order valence-electron chi connectivity index (χ4n) is 0.653. The fourth-order valence-corrected chi connectivity index (χ4v) is 0.653. The van der Waals surface area contributed by atoms with Crippen LogP contribution in [0.4, 0.5) is 4.79 Å². The van der Waals surface area contributed by atoms with E-state index in [1.54, 1.807) is 12.1 Å². The Kier molecular flexibility index (Phi) is 2.63. The molecule has 0 saturated carbocycles. The molecular weight excluding hydrogens is 158 g/mol. The van der Waals surface area contributed by atoms with Gasteiger partial charge >= 0.3 is 6.16 Å². The first-order chi connectivity index (χ1) is 5.72. The van der Waals surface area contributed by atoms with Crippen LogP contribution >= 0.6 is 0 Å². The van der Waals surface area contributed by atoms with Gasteiger partial charge in [0.15, 0.2) is 5.75 Å². The monoisotopic (exact) mass is 167 g/mol. The quantitative estimate of drug-likeness (QED) is 0.595. The average Bonchev–Trinajstić information content (AvgIpc) is 2.09. The molecule has 0 spiro atoms. The number of aryl methyl sites for hydroxylation is 1. The molecule has 1 heterocycles. The summed E-state index contributed by atoms with van der Waals surface area (Å²) >= 11 is 0. The molecule has 0 saturated heterocycles. The first-order valence-corrected chi connectivity index (χ1v) is 3.41. The van der Waals surface area contributed by atoms with Crippen molar-refractivity contribution in [3.05, 3.63) is 24.0 Å². The van der Waals surface area contributed by atoms with E-state index in [9.17, 15) is 4.79 Å². The Morgan fingerprint density at radius 3 is 2.75 bits per heavy atom. The third kappa shape index (κ3) is 2.23. The molecule has 4 heteroatoms. The highest BCUT2D eigenvalue weighted by atomic mass is 16.7. The summed E-state index contributed by atoms with van der Waals surface area (Å²) < 4.78 is 8.99. The number of carbonyl (C=O) groups is 1. The number of hydrogen-bond acceptors (Lipinski definition) is 4. The van der Waals surface area contributed by atoms with Gasteiger partial charge in [-0.1, -0.05) is 0 Å². The number of nitrogens with zero attached hydrogens (tertiary/aromatic N) is 1. The molecule has 64 valence electrons. The maximum Gasteiger partial charge on any atom is 0.513 e. The first-order valence-electron chi connectivity index (χ1n) is 3.41. The highest BCUT2D eigenvalue weighted by molar-refractivity contribution is 5.63. The second-order valence-corrected chi connectivity index (χ2v) is 2.19. The van der Waals surface area contributed by atoms with E-state index in [0.717, 1.165) is 5.69 Å². The Balaban J connectivity index is 2.64. The second-order valence-electron chi connectivity index (χ2n) is 2.19. The van der Waals surface area contributed by atoms with Gasteiger partial charge in [-0.3, -0.25) is 4.98 Å². The minimum Gasteiger partial charge on any atom is -0.437 e. The summed E-state index contributed by atoms with van der Waals surface area (Å²) in [5, 5.41) is 0. The van der Waals surface area contributed by atoms with E-state index in [1.165, 1.54) is 13.3 Å². The van der Waals surface area contributed by atoms with Gasteiger partial charge in [-0.2, -0.15) is 0 Å². The Morgan fingerprint density at radius 1 is 1.50 bits per heavy atom. The Bertz CT molecular complexity index is 268. The number of methoxy groups -OCH3 is 1. The Labute approximate surface area is 70.1 Å². The van der Waals surface area contributed by atoms with Crippen molar-refractivity contribution in [3.8, 4) is 5.75 Å². The van der Waals surface area contributed by atoms with Crippen molar-refractivity contribution in [1.29, 1.82) is 0 Å². The van der Waals surface area contributed by atoms with Crippen LogP contribution in [-0.2, 0) is 4.74 Å². The van der Waals surface area contributed by atoms with Gasteiger partial charge in [0, 0.05) is 5.69 Å². The lowest BCUT2D eigenvalue weighted by Crippen LogP contribution is -2.07. The standard InChI is InChI=1S/C8H9NO3/c1-6-3-4-7(5-9-6)12-8(10)11-2/h3-5H,1-2H3. The molecule has 0 radical (unpaired) electrons. The number of aromatic nitrogens is 1. The largest absolute Gasteiger partial charge is 0.513 e. The second kappa shape index (κ2) is 3.71. The van der Waals surface area contributed by atoms with Gasteiger partial charge in [-0.25, -0.2) is 4.79 Å². The molecule has 0 amide bonds. The van der Waals surface area contributed by atoms with E-state index >= 15 is 0 Å². The number of rotatable bonds is 1.